The van der Waals surface area contributed by atoms with Crippen molar-refractivity contribution in [3.8, 4) is 0 Å². The summed E-state index contributed by atoms with van der Waals surface area (Å²) < 4.78 is 0. The summed E-state index contributed by atoms with van der Waals surface area (Å²) in [6.45, 7) is 2.84. The van der Waals surface area contributed by atoms with E-state index < -0.39 is 5.54 Å². The first-order valence-electron chi connectivity index (χ1n) is 4.92. The fourth-order valence-corrected chi connectivity index (χ4v) is 1.69. The van der Waals surface area contributed by atoms with E-state index in [1.165, 1.54) is 0 Å². The van der Waals surface area contributed by atoms with Crippen LogP contribution in [0.2, 0.25) is 0 Å². The van der Waals surface area contributed by atoms with Gasteiger partial charge < -0.3 is 16.0 Å². The van der Waals surface area contributed by atoms with Crippen LogP contribution in [0.25, 0.3) is 0 Å². The van der Waals surface area contributed by atoms with Crippen LogP contribution in [0.4, 0.5) is 0 Å². The SMILES string of the molecule is CC1C(=O)NCCN1C(=O)C1(N)CC1. The maximum Gasteiger partial charge on any atom is 0.243 e. The minimum atomic E-state index is -0.661. The standard InChI is InChI=1S/C9H15N3O2/c1-6-7(13)11-4-5-12(6)8(14)9(10)2-3-9/h6H,2-5,10H2,1H3,(H,11,13). The molecule has 2 rings (SSSR count). The molecule has 5 nitrogen and oxygen atoms in total. The van der Waals surface area contributed by atoms with Crippen molar-refractivity contribution >= 4 is 11.8 Å². The Hall–Kier alpha value is -1.10. The van der Waals surface area contributed by atoms with Crippen molar-refractivity contribution in [2.75, 3.05) is 13.1 Å². The normalized spacial score (nSPS) is 29.7. The van der Waals surface area contributed by atoms with E-state index in [2.05, 4.69) is 5.32 Å². The van der Waals surface area contributed by atoms with Gasteiger partial charge in [-0.15, -0.1) is 0 Å². The van der Waals surface area contributed by atoms with E-state index in [-0.39, 0.29) is 17.9 Å². The van der Waals surface area contributed by atoms with E-state index in [0.29, 0.717) is 13.1 Å². The molecule has 1 saturated heterocycles. The number of nitrogens with two attached hydrogens (primary N) is 1. The molecule has 14 heavy (non-hydrogen) atoms. The monoisotopic (exact) mass is 197 g/mol. The van der Waals surface area contributed by atoms with Crippen LogP contribution >= 0.6 is 0 Å². The molecule has 0 aromatic heterocycles. The first-order valence-corrected chi connectivity index (χ1v) is 4.92. The number of carbonyl (C=O) groups excluding carboxylic acids is 2. The van der Waals surface area contributed by atoms with E-state index in [1.54, 1.807) is 11.8 Å². The number of piperazine rings is 1. The number of nitrogens with one attached hydrogen (secondary N) is 1. The highest BCUT2D eigenvalue weighted by Crippen LogP contribution is 2.34. The van der Waals surface area contributed by atoms with Crippen LogP contribution in [0.3, 0.4) is 0 Å². The number of hydrogen-bond acceptors (Lipinski definition) is 3. The Labute approximate surface area is 82.6 Å². The van der Waals surface area contributed by atoms with E-state index in [9.17, 15) is 9.59 Å². The molecule has 0 radical (unpaired) electrons. The summed E-state index contributed by atoms with van der Waals surface area (Å²) in [5, 5.41) is 2.71. The Balaban J connectivity index is 2.09. The van der Waals surface area contributed by atoms with Gasteiger partial charge >= 0.3 is 0 Å². The van der Waals surface area contributed by atoms with Gasteiger partial charge in [-0.3, -0.25) is 9.59 Å². The Morgan fingerprint density at radius 3 is 2.86 bits per heavy atom. The molecule has 0 aromatic carbocycles. The Morgan fingerprint density at radius 2 is 2.29 bits per heavy atom. The van der Waals surface area contributed by atoms with Crippen molar-refractivity contribution in [3.63, 3.8) is 0 Å². The Kier molecular flexibility index (Phi) is 1.99. The maximum atomic E-state index is 11.9. The molecule has 2 aliphatic rings. The molecule has 0 aromatic rings. The second-order valence-electron chi connectivity index (χ2n) is 4.12. The minimum Gasteiger partial charge on any atom is -0.353 e. The predicted octanol–water partition coefficient (Wildman–Crippen LogP) is -1.18. The van der Waals surface area contributed by atoms with Crippen molar-refractivity contribution in [1.29, 1.82) is 0 Å². The van der Waals surface area contributed by atoms with Crippen LogP contribution < -0.4 is 11.1 Å². The molecule has 3 N–H and O–H groups in total. The van der Waals surface area contributed by atoms with Gasteiger partial charge in [0.2, 0.25) is 11.8 Å². The molecule has 1 aliphatic heterocycles. The highest BCUT2D eigenvalue weighted by atomic mass is 16.2. The first kappa shape index (κ1) is 9.45. The molecule has 0 spiro atoms. The van der Waals surface area contributed by atoms with Gasteiger partial charge in [-0.1, -0.05) is 0 Å². The number of amides is 2. The second kappa shape index (κ2) is 2.95. The van der Waals surface area contributed by atoms with Crippen LogP contribution in [-0.4, -0.2) is 41.4 Å². The summed E-state index contributed by atoms with van der Waals surface area (Å²) >= 11 is 0. The molecule has 5 heteroatoms. The number of rotatable bonds is 1. The zero-order valence-corrected chi connectivity index (χ0v) is 8.25. The predicted molar refractivity (Wildman–Crippen MR) is 50.3 cm³/mol. The average molecular weight is 197 g/mol. The number of nitrogens with zero attached hydrogens (tertiary/aromatic N) is 1. The molecule has 0 bridgehead atoms. The largest absolute Gasteiger partial charge is 0.353 e. The summed E-state index contributed by atoms with van der Waals surface area (Å²) in [7, 11) is 0. The van der Waals surface area contributed by atoms with E-state index in [1.807, 2.05) is 0 Å². The summed E-state index contributed by atoms with van der Waals surface area (Å²) in [4.78, 5) is 24.8. The van der Waals surface area contributed by atoms with Gasteiger partial charge in [0.1, 0.15) is 6.04 Å². The number of hydrogen-bond donors (Lipinski definition) is 2. The maximum absolute atomic E-state index is 11.9. The van der Waals surface area contributed by atoms with Gasteiger partial charge in [-0.25, -0.2) is 0 Å². The van der Waals surface area contributed by atoms with Crippen molar-refractivity contribution in [3.05, 3.63) is 0 Å². The van der Waals surface area contributed by atoms with Gasteiger partial charge in [0.25, 0.3) is 0 Å². The fraction of sp³-hybridized carbons (Fsp3) is 0.778. The summed E-state index contributed by atoms with van der Waals surface area (Å²) in [6.07, 6.45) is 1.49. The van der Waals surface area contributed by atoms with Gasteiger partial charge in [0.05, 0.1) is 5.54 Å². The zero-order chi connectivity index (χ0) is 10.3. The third-order valence-electron chi connectivity index (χ3n) is 2.97. The van der Waals surface area contributed by atoms with Crippen LogP contribution in [0.5, 0.6) is 0 Å². The zero-order valence-electron chi connectivity index (χ0n) is 8.25. The minimum absolute atomic E-state index is 0.0696. The van der Waals surface area contributed by atoms with E-state index in [4.69, 9.17) is 5.73 Å². The molecule has 1 heterocycles. The molecular formula is C9H15N3O2. The topological polar surface area (TPSA) is 75.4 Å². The summed E-state index contributed by atoms with van der Waals surface area (Å²) in [6, 6.07) is -0.378. The third kappa shape index (κ3) is 1.37. The van der Waals surface area contributed by atoms with Crippen LogP contribution in [-0.2, 0) is 9.59 Å². The Morgan fingerprint density at radius 1 is 1.64 bits per heavy atom. The molecule has 78 valence electrons. The van der Waals surface area contributed by atoms with Crippen molar-refractivity contribution in [2.45, 2.75) is 31.3 Å². The molecule has 1 atom stereocenters. The summed E-state index contributed by atoms with van der Waals surface area (Å²) in [5.74, 6) is -0.159. The van der Waals surface area contributed by atoms with Gasteiger partial charge in [0, 0.05) is 13.1 Å². The van der Waals surface area contributed by atoms with Crippen molar-refractivity contribution < 1.29 is 9.59 Å². The molecule has 1 aliphatic carbocycles. The van der Waals surface area contributed by atoms with E-state index >= 15 is 0 Å². The van der Waals surface area contributed by atoms with E-state index in [0.717, 1.165) is 12.8 Å². The number of carbonyl (C=O) groups is 2. The van der Waals surface area contributed by atoms with Crippen LogP contribution in [0.15, 0.2) is 0 Å². The van der Waals surface area contributed by atoms with Crippen LogP contribution in [0.1, 0.15) is 19.8 Å². The lowest BCUT2D eigenvalue weighted by Gasteiger charge is -2.34. The van der Waals surface area contributed by atoms with Gasteiger partial charge in [-0.2, -0.15) is 0 Å². The molecule has 1 saturated carbocycles. The highest BCUT2D eigenvalue weighted by Gasteiger charge is 2.50. The molecule has 2 fully saturated rings. The first-order chi connectivity index (χ1) is 6.54. The smallest absolute Gasteiger partial charge is 0.243 e. The van der Waals surface area contributed by atoms with Crippen LogP contribution in [0, 0.1) is 0 Å². The molecular weight excluding hydrogens is 182 g/mol. The fourth-order valence-electron chi connectivity index (χ4n) is 1.69. The van der Waals surface area contributed by atoms with Crippen molar-refractivity contribution in [1.82, 2.24) is 10.2 Å². The average Bonchev–Trinajstić information content (AvgIpc) is 2.89. The highest BCUT2D eigenvalue weighted by molar-refractivity contribution is 5.94. The second-order valence-corrected chi connectivity index (χ2v) is 4.12. The quantitative estimate of drug-likeness (QED) is 0.556. The Bertz CT molecular complexity index is 286. The van der Waals surface area contributed by atoms with Gasteiger partial charge in [0.15, 0.2) is 0 Å². The summed E-state index contributed by atoms with van der Waals surface area (Å²) in [5.41, 5.74) is 5.14. The van der Waals surface area contributed by atoms with Crippen molar-refractivity contribution in [2.24, 2.45) is 5.73 Å². The lowest BCUT2D eigenvalue weighted by Crippen LogP contribution is -2.59. The third-order valence-corrected chi connectivity index (χ3v) is 2.97. The van der Waals surface area contributed by atoms with Gasteiger partial charge in [-0.05, 0) is 19.8 Å². The lowest BCUT2D eigenvalue weighted by atomic mass is 10.1. The molecule has 1 unspecified atom stereocenters. The lowest BCUT2D eigenvalue weighted by molar-refractivity contribution is -0.144. The molecule has 2 amide bonds.